The van der Waals surface area contributed by atoms with E-state index in [0.717, 1.165) is 64.1 Å². The van der Waals surface area contributed by atoms with Crippen molar-refractivity contribution in [3.63, 3.8) is 0 Å². The van der Waals surface area contributed by atoms with Crippen molar-refractivity contribution >= 4 is 5.91 Å². The van der Waals surface area contributed by atoms with Gasteiger partial charge in [0.2, 0.25) is 5.91 Å². The number of carbonyl (C=O) groups excluding carboxylic acids is 1. The van der Waals surface area contributed by atoms with E-state index in [1.807, 2.05) is 0 Å². The fourth-order valence-corrected chi connectivity index (χ4v) is 6.02. The largest absolute Gasteiger partial charge is 0.352 e. The van der Waals surface area contributed by atoms with Gasteiger partial charge in [-0.25, -0.2) is 0 Å². The average Bonchev–Trinajstić information content (AvgIpc) is 2.80. The van der Waals surface area contributed by atoms with Crippen LogP contribution in [-0.2, 0) is 4.79 Å². The Balaban J connectivity index is 1.14. The summed E-state index contributed by atoms with van der Waals surface area (Å²) >= 11 is 0. The van der Waals surface area contributed by atoms with E-state index in [1.165, 1.54) is 38.6 Å². The Labute approximate surface area is 182 Å². The Morgan fingerprint density at radius 2 is 1.77 bits per heavy atom. The van der Waals surface area contributed by atoms with Gasteiger partial charge in [-0.1, -0.05) is 12.8 Å². The van der Waals surface area contributed by atoms with Gasteiger partial charge in [0.1, 0.15) is 6.29 Å². The lowest BCUT2D eigenvalue weighted by molar-refractivity contribution is -0.127. The smallest absolute Gasteiger partial charge is 0.223 e. The highest BCUT2D eigenvalue weighted by atomic mass is 16.1. The molecule has 7 heteroatoms. The molecule has 5 atom stereocenters. The van der Waals surface area contributed by atoms with Gasteiger partial charge in [0.15, 0.2) is 0 Å². The zero-order valence-corrected chi connectivity index (χ0v) is 18.6. The average molecular weight is 421 g/mol. The third-order valence-electron chi connectivity index (χ3n) is 8.06. The molecule has 4 rings (SSSR count). The summed E-state index contributed by atoms with van der Waals surface area (Å²) in [5, 5.41) is 17.9. The van der Waals surface area contributed by atoms with Crippen molar-refractivity contribution in [2.24, 2.45) is 23.5 Å². The molecule has 0 aromatic heterocycles. The van der Waals surface area contributed by atoms with Crippen molar-refractivity contribution in [3.8, 4) is 0 Å². The lowest BCUT2D eigenvalue weighted by Crippen LogP contribution is -2.63. The van der Waals surface area contributed by atoms with Crippen LogP contribution in [0.1, 0.15) is 70.6 Å². The SMILES string of the molecule is NC1CCCCC1NC(=O)C1CCC(CNC2NCCC(C3CCCNC3)N2)CC1. The standard InChI is InChI=1S/C23H44N6O/c24-19-5-1-2-6-21(19)28-22(30)17-9-7-16(8-10-17)14-27-23-26-13-11-20(29-23)18-4-3-12-25-15-18/h16-21,23,25-27,29H,1-15,24H2,(H,28,30). The molecule has 2 heterocycles. The zero-order valence-electron chi connectivity index (χ0n) is 18.6. The molecule has 0 spiro atoms. The maximum Gasteiger partial charge on any atom is 0.223 e. The molecule has 0 radical (unpaired) electrons. The molecule has 2 saturated carbocycles. The fraction of sp³-hybridized carbons (Fsp3) is 0.957. The van der Waals surface area contributed by atoms with E-state index in [1.54, 1.807) is 0 Å². The predicted molar refractivity (Wildman–Crippen MR) is 121 cm³/mol. The molecule has 0 bridgehead atoms. The first kappa shape index (κ1) is 22.5. The normalized spacial score (nSPS) is 40.6. The van der Waals surface area contributed by atoms with E-state index in [0.29, 0.717) is 12.0 Å². The third kappa shape index (κ3) is 6.16. The van der Waals surface area contributed by atoms with Crippen LogP contribution in [-0.4, -0.2) is 56.5 Å². The summed E-state index contributed by atoms with van der Waals surface area (Å²) in [5.41, 5.74) is 6.21. The van der Waals surface area contributed by atoms with Gasteiger partial charge >= 0.3 is 0 Å². The number of nitrogens with one attached hydrogen (secondary N) is 5. The van der Waals surface area contributed by atoms with Gasteiger partial charge in [0, 0.05) is 30.6 Å². The Bertz CT molecular complexity index is 532. The van der Waals surface area contributed by atoms with Crippen LogP contribution in [0.3, 0.4) is 0 Å². The molecule has 2 aliphatic carbocycles. The van der Waals surface area contributed by atoms with Gasteiger partial charge in [-0.05, 0) is 89.3 Å². The van der Waals surface area contributed by atoms with E-state index in [-0.39, 0.29) is 30.2 Å². The molecule has 7 nitrogen and oxygen atoms in total. The topological polar surface area (TPSA) is 103 Å². The quantitative estimate of drug-likeness (QED) is 0.383. The van der Waals surface area contributed by atoms with Crippen molar-refractivity contribution in [1.82, 2.24) is 26.6 Å². The summed E-state index contributed by atoms with van der Waals surface area (Å²) in [4.78, 5) is 12.7. The molecule has 172 valence electrons. The predicted octanol–water partition coefficient (Wildman–Crippen LogP) is 1.00. The number of piperidine rings is 1. The molecule has 2 saturated heterocycles. The molecule has 4 aliphatic rings. The minimum Gasteiger partial charge on any atom is -0.352 e. The van der Waals surface area contributed by atoms with Gasteiger partial charge in [-0.2, -0.15) is 0 Å². The van der Waals surface area contributed by atoms with E-state index in [9.17, 15) is 4.79 Å². The minimum atomic E-state index is 0.145. The summed E-state index contributed by atoms with van der Waals surface area (Å²) in [6.45, 7) is 4.45. The van der Waals surface area contributed by atoms with Crippen molar-refractivity contribution < 1.29 is 4.79 Å². The molecule has 7 N–H and O–H groups in total. The van der Waals surface area contributed by atoms with E-state index < -0.39 is 0 Å². The second kappa shape index (κ2) is 11.2. The van der Waals surface area contributed by atoms with E-state index in [4.69, 9.17) is 5.73 Å². The van der Waals surface area contributed by atoms with Crippen LogP contribution >= 0.6 is 0 Å². The fourth-order valence-electron chi connectivity index (χ4n) is 6.02. The van der Waals surface area contributed by atoms with Crippen LogP contribution in [0.15, 0.2) is 0 Å². The lowest BCUT2D eigenvalue weighted by Gasteiger charge is -2.39. The summed E-state index contributed by atoms with van der Waals surface area (Å²) in [7, 11) is 0. The molecule has 1 amide bonds. The zero-order chi connectivity index (χ0) is 20.8. The molecule has 30 heavy (non-hydrogen) atoms. The molecular weight excluding hydrogens is 376 g/mol. The maximum absolute atomic E-state index is 12.7. The third-order valence-corrected chi connectivity index (χ3v) is 8.06. The monoisotopic (exact) mass is 420 g/mol. The van der Waals surface area contributed by atoms with E-state index in [2.05, 4.69) is 26.6 Å². The molecule has 4 fully saturated rings. The summed E-state index contributed by atoms with van der Waals surface area (Å²) in [5.74, 6) is 1.87. The van der Waals surface area contributed by atoms with Crippen LogP contribution in [0.2, 0.25) is 0 Å². The summed E-state index contributed by atoms with van der Waals surface area (Å²) < 4.78 is 0. The highest BCUT2D eigenvalue weighted by molar-refractivity contribution is 5.79. The Hall–Kier alpha value is -0.730. The van der Waals surface area contributed by atoms with Gasteiger partial charge in [0.25, 0.3) is 0 Å². The number of carbonyl (C=O) groups is 1. The minimum absolute atomic E-state index is 0.145. The van der Waals surface area contributed by atoms with Crippen molar-refractivity contribution in [1.29, 1.82) is 0 Å². The number of rotatable bonds is 6. The molecule has 5 unspecified atom stereocenters. The second-order valence-corrected chi connectivity index (χ2v) is 10.2. The molecular formula is C23H44N6O. The van der Waals surface area contributed by atoms with Crippen molar-refractivity contribution in [2.45, 2.75) is 95.0 Å². The highest BCUT2D eigenvalue weighted by Crippen LogP contribution is 2.29. The second-order valence-electron chi connectivity index (χ2n) is 10.2. The van der Waals surface area contributed by atoms with Crippen LogP contribution in [0.4, 0.5) is 0 Å². The van der Waals surface area contributed by atoms with Gasteiger partial charge < -0.3 is 16.4 Å². The first-order chi connectivity index (χ1) is 14.7. The number of hydrogen-bond acceptors (Lipinski definition) is 6. The van der Waals surface area contributed by atoms with E-state index >= 15 is 0 Å². The summed E-state index contributed by atoms with van der Waals surface area (Å²) in [6, 6.07) is 0.954. The van der Waals surface area contributed by atoms with Crippen molar-refractivity contribution in [2.75, 3.05) is 26.2 Å². The van der Waals surface area contributed by atoms with Crippen molar-refractivity contribution in [3.05, 3.63) is 0 Å². The highest BCUT2D eigenvalue weighted by Gasteiger charge is 2.31. The Morgan fingerprint density at radius 1 is 0.933 bits per heavy atom. The number of nitrogens with two attached hydrogens (primary N) is 1. The lowest BCUT2D eigenvalue weighted by atomic mass is 9.81. The van der Waals surface area contributed by atoms with Gasteiger partial charge in [-0.3, -0.25) is 20.7 Å². The Morgan fingerprint density at radius 3 is 2.53 bits per heavy atom. The van der Waals surface area contributed by atoms with Gasteiger partial charge in [0.05, 0.1) is 0 Å². The molecule has 0 aromatic rings. The van der Waals surface area contributed by atoms with Gasteiger partial charge in [-0.15, -0.1) is 0 Å². The number of amides is 1. The van der Waals surface area contributed by atoms with Crippen LogP contribution in [0.25, 0.3) is 0 Å². The molecule has 2 aliphatic heterocycles. The number of hydrogen-bond donors (Lipinski definition) is 6. The first-order valence-electron chi connectivity index (χ1n) is 12.7. The van der Waals surface area contributed by atoms with Crippen LogP contribution in [0, 0.1) is 17.8 Å². The maximum atomic E-state index is 12.7. The van der Waals surface area contributed by atoms with Crippen LogP contribution in [0.5, 0.6) is 0 Å². The first-order valence-corrected chi connectivity index (χ1v) is 12.7. The summed E-state index contributed by atoms with van der Waals surface area (Å²) in [6.07, 6.45) is 12.9. The molecule has 0 aromatic carbocycles. The Kier molecular flexibility index (Phi) is 8.41. The van der Waals surface area contributed by atoms with Crippen LogP contribution < -0.4 is 32.3 Å².